The molecule has 1 atom stereocenters. The van der Waals surface area contributed by atoms with Gasteiger partial charge in [-0.05, 0) is 48.9 Å². The Morgan fingerprint density at radius 1 is 1.14 bits per heavy atom. The molecular formula is C29H49N7. The molecule has 1 aliphatic rings. The van der Waals surface area contributed by atoms with Gasteiger partial charge in [0.05, 0.1) is 11.2 Å². The summed E-state index contributed by atoms with van der Waals surface area (Å²) in [6.45, 7) is 19.9. The van der Waals surface area contributed by atoms with Gasteiger partial charge < -0.3 is 21.7 Å². The van der Waals surface area contributed by atoms with E-state index < -0.39 is 0 Å². The monoisotopic (exact) mass is 495 g/mol. The molecule has 200 valence electrons. The summed E-state index contributed by atoms with van der Waals surface area (Å²) in [7, 11) is 0. The Labute approximate surface area is 218 Å². The average Bonchev–Trinajstić information content (AvgIpc) is 2.88. The quantitative estimate of drug-likeness (QED) is 0.273. The van der Waals surface area contributed by atoms with Gasteiger partial charge in [-0.3, -0.25) is 9.89 Å². The van der Waals surface area contributed by atoms with Gasteiger partial charge in [0.1, 0.15) is 5.82 Å². The van der Waals surface area contributed by atoms with Crippen LogP contribution in [0.1, 0.15) is 65.9 Å². The van der Waals surface area contributed by atoms with Crippen LogP contribution in [0.25, 0.3) is 10.9 Å². The van der Waals surface area contributed by atoms with Gasteiger partial charge in [-0.1, -0.05) is 47.5 Å². The Kier molecular flexibility index (Phi) is 10.4. The maximum absolute atomic E-state index is 6.32. The summed E-state index contributed by atoms with van der Waals surface area (Å²) >= 11 is 0. The molecule has 0 bridgehead atoms. The Hall–Kier alpha value is -2.38. The largest absolute Gasteiger partial charge is 0.395 e. The van der Waals surface area contributed by atoms with Crippen molar-refractivity contribution >= 4 is 34.3 Å². The molecule has 0 saturated carbocycles. The van der Waals surface area contributed by atoms with E-state index in [2.05, 4.69) is 77.9 Å². The maximum Gasteiger partial charge on any atom is 0.148 e. The van der Waals surface area contributed by atoms with Crippen LogP contribution in [0, 0.1) is 11.3 Å². The standard InChI is InChI=1S/C29H49N7/c1-6-8-12-33-21-25-24-20-23(9-10-26(24)34-28(31)27(25)30)36-18-16-35(17-19-36)15-14-32-13-11-29(4,5)22(3)7-2/h9-10,20-22,32H,6-8,11-19,30H2,1-5H3,(H2,31,34)/t22-/m0/s1. The van der Waals surface area contributed by atoms with Crippen LogP contribution in [-0.2, 0) is 0 Å². The van der Waals surface area contributed by atoms with Crippen molar-refractivity contribution in [3.05, 3.63) is 23.8 Å². The molecule has 1 saturated heterocycles. The van der Waals surface area contributed by atoms with Crippen LogP contribution in [0.3, 0.4) is 0 Å². The maximum atomic E-state index is 6.32. The first-order valence-electron chi connectivity index (χ1n) is 13.9. The smallest absolute Gasteiger partial charge is 0.148 e. The third-order valence-corrected chi connectivity index (χ3v) is 8.17. The van der Waals surface area contributed by atoms with E-state index >= 15 is 0 Å². The molecule has 3 rings (SSSR count). The topological polar surface area (TPSA) is 95.8 Å². The van der Waals surface area contributed by atoms with Gasteiger partial charge in [0, 0.05) is 68.7 Å². The lowest BCUT2D eigenvalue weighted by atomic mass is 9.76. The summed E-state index contributed by atoms with van der Waals surface area (Å²) in [5.41, 5.74) is 16.3. The number of pyridine rings is 1. The van der Waals surface area contributed by atoms with Gasteiger partial charge in [-0.25, -0.2) is 4.98 Å². The molecule has 0 radical (unpaired) electrons. The average molecular weight is 496 g/mol. The number of nitrogens with zero attached hydrogens (tertiary/aromatic N) is 4. The van der Waals surface area contributed by atoms with Gasteiger partial charge in [0.2, 0.25) is 0 Å². The molecule has 7 heteroatoms. The fourth-order valence-corrected chi connectivity index (χ4v) is 4.85. The number of benzene rings is 1. The molecule has 7 nitrogen and oxygen atoms in total. The van der Waals surface area contributed by atoms with E-state index in [1.807, 2.05) is 6.21 Å². The van der Waals surface area contributed by atoms with Crippen molar-refractivity contribution in [3.63, 3.8) is 0 Å². The highest BCUT2D eigenvalue weighted by atomic mass is 15.3. The van der Waals surface area contributed by atoms with Crippen molar-refractivity contribution in [2.24, 2.45) is 16.3 Å². The number of piperazine rings is 1. The predicted molar refractivity (Wildman–Crippen MR) is 157 cm³/mol. The third kappa shape index (κ3) is 7.32. The van der Waals surface area contributed by atoms with E-state index in [0.717, 1.165) is 87.6 Å². The summed E-state index contributed by atoms with van der Waals surface area (Å²) in [5.74, 6) is 1.13. The fourth-order valence-electron chi connectivity index (χ4n) is 4.85. The van der Waals surface area contributed by atoms with E-state index in [-0.39, 0.29) is 0 Å². The minimum atomic E-state index is 0.373. The highest BCUT2D eigenvalue weighted by molar-refractivity contribution is 6.06. The molecule has 2 heterocycles. The molecule has 0 aliphatic carbocycles. The minimum absolute atomic E-state index is 0.373. The molecule has 5 N–H and O–H groups in total. The fraction of sp³-hybridized carbons (Fsp3) is 0.655. The molecule has 36 heavy (non-hydrogen) atoms. The van der Waals surface area contributed by atoms with E-state index in [1.54, 1.807) is 0 Å². The minimum Gasteiger partial charge on any atom is -0.395 e. The van der Waals surface area contributed by atoms with Gasteiger partial charge in [-0.15, -0.1) is 0 Å². The van der Waals surface area contributed by atoms with Crippen LogP contribution in [0.15, 0.2) is 23.2 Å². The number of nitrogens with two attached hydrogens (primary N) is 2. The van der Waals surface area contributed by atoms with Crippen molar-refractivity contribution in [2.75, 3.05) is 68.7 Å². The first-order chi connectivity index (χ1) is 17.3. The zero-order chi connectivity index (χ0) is 26.1. The molecule has 0 amide bonds. The van der Waals surface area contributed by atoms with Crippen LogP contribution in [0.4, 0.5) is 17.2 Å². The first-order valence-corrected chi connectivity index (χ1v) is 13.9. The molecule has 0 unspecified atom stereocenters. The number of nitrogens with one attached hydrogen (secondary N) is 1. The van der Waals surface area contributed by atoms with Crippen LogP contribution in [0.2, 0.25) is 0 Å². The van der Waals surface area contributed by atoms with Crippen molar-refractivity contribution in [3.8, 4) is 0 Å². The SMILES string of the molecule is CCCCN=Cc1c(N)c(N)nc2ccc(N3CCN(CCNCCC(C)(C)[C@@H](C)CC)CC3)cc12. The predicted octanol–water partition coefficient (Wildman–Crippen LogP) is 4.79. The molecule has 0 spiro atoms. The second-order valence-corrected chi connectivity index (χ2v) is 11.0. The van der Waals surface area contributed by atoms with E-state index in [1.165, 1.54) is 18.5 Å². The second kappa shape index (κ2) is 13.2. The van der Waals surface area contributed by atoms with Gasteiger partial charge in [-0.2, -0.15) is 0 Å². The van der Waals surface area contributed by atoms with Gasteiger partial charge in [0.25, 0.3) is 0 Å². The highest BCUT2D eigenvalue weighted by Crippen LogP contribution is 2.32. The number of unbranched alkanes of at least 4 members (excludes halogenated alkanes) is 1. The molecular weight excluding hydrogens is 446 g/mol. The Morgan fingerprint density at radius 3 is 2.58 bits per heavy atom. The van der Waals surface area contributed by atoms with Crippen LogP contribution in [-0.4, -0.2) is 68.5 Å². The number of aromatic nitrogens is 1. The lowest BCUT2D eigenvalue weighted by molar-refractivity contribution is 0.201. The van der Waals surface area contributed by atoms with Crippen LogP contribution in [0.5, 0.6) is 0 Å². The van der Waals surface area contributed by atoms with Crippen molar-refractivity contribution < 1.29 is 0 Å². The zero-order valence-electron chi connectivity index (χ0n) is 23.3. The summed E-state index contributed by atoms with van der Waals surface area (Å²) in [4.78, 5) is 14.1. The number of aliphatic imine (C=N–C) groups is 1. The summed E-state index contributed by atoms with van der Waals surface area (Å²) < 4.78 is 0. The Balaban J connectivity index is 1.55. The molecule has 2 aromatic rings. The van der Waals surface area contributed by atoms with Crippen molar-refractivity contribution in [1.82, 2.24) is 15.2 Å². The number of anilines is 3. The number of fused-ring (bicyclic) bond motifs is 1. The Morgan fingerprint density at radius 2 is 1.89 bits per heavy atom. The van der Waals surface area contributed by atoms with Crippen molar-refractivity contribution in [2.45, 2.75) is 60.3 Å². The number of nitrogen functional groups attached to an aromatic ring is 2. The van der Waals surface area contributed by atoms with Gasteiger partial charge in [0.15, 0.2) is 0 Å². The van der Waals surface area contributed by atoms with Gasteiger partial charge >= 0.3 is 0 Å². The lowest BCUT2D eigenvalue weighted by Gasteiger charge is -2.36. The Bertz CT molecular complexity index is 993. The molecule has 1 fully saturated rings. The summed E-state index contributed by atoms with van der Waals surface area (Å²) in [5, 5.41) is 4.69. The molecule has 1 aromatic carbocycles. The van der Waals surface area contributed by atoms with Crippen molar-refractivity contribution in [1.29, 1.82) is 0 Å². The molecule has 1 aliphatic heterocycles. The summed E-state index contributed by atoms with van der Waals surface area (Å²) in [6, 6.07) is 6.41. The van der Waals surface area contributed by atoms with Crippen LogP contribution < -0.4 is 21.7 Å². The normalized spacial score (nSPS) is 16.3. The van der Waals surface area contributed by atoms with E-state index in [0.29, 0.717) is 16.9 Å². The van der Waals surface area contributed by atoms with E-state index in [9.17, 15) is 0 Å². The summed E-state index contributed by atoms with van der Waals surface area (Å²) in [6.07, 6.45) is 6.54. The molecule has 1 aromatic heterocycles. The van der Waals surface area contributed by atoms with Crippen LogP contribution >= 0.6 is 0 Å². The highest BCUT2D eigenvalue weighted by Gasteiger charge is 2.24. The van der Waals surface area contributed by atoms with E-state index in [4.69, 9.17) is 11.5 Å². The number of rotatable bonds is 13. The lowest BCUT2D eigenvalue weighted by Crippen LogP contribution is -2.48. The zero-order valence-corrected chi connectivity index (χ0v) is 23.3. The third-order valence-electron chi connectivity index (χ3n) is 8.17. The first kappa shape index (κ1) is 28.2. The number of hydrogen-bond acceptors (Lipinski definition) is 7. The second-order valence-electron chi connectivity index (χ2n) is 11.0. The number of hydrogen-bond donors (Lipinski definition) is 3.